The molecule has 0 bridgehead atoms. The van der Waals surface area contributed by atoms with Crippen molar-refractivity contribution in [2.75, 3.05) is 0 Å². The number of pyridine rings is 1. The van der Waals surface area contributed by atoms with Crippen LogP contribution >= 0.6 is 15.9 Å². The van der Waals surface area contributed by atoms with E-state index in [-0.39, 0.29) is 0 Å². The van der Waals surface area contributed by atoms with Crippen molar-refractivity contribution in [3.8, 4) is 5.82 Å². The molecular formula is C15H19BrN4. The highest BCUT2D eigenvalue weighted by atomic mass is 79.9. The first kappa shape index (κ1) is 13.8. The minimum absolute atomic E-state index is 0.430. The topological polar surface area (TPSA) is 42.7 Å². The second kappa shape index (κ2) is 5.66. The van der Waals surface area contributed by atoms with E-state index in [4.69, 9.17) is 0 Å². The Bertz CT molecular complexity index is 602. The molecular weight excluding hydrogens is 316 g/mol. The normalized spacial score (nSPS) is 15.0. The van der Waals surface area contributed by atoms with Gasteiger partial charge in [-0.3, -0.25) is 0 Å². The molecule has 1 fully saturated rings. The minimum Gasteiger partial charge on any atom is -0.310 e. The maximum atomic E-state index is 4.62. The van der Waals surface area contributed by atoms with Gasteiger partial charge in [0.15, 0.2) is 5.82 Å². The van der Waals surface area contributed by atoms with Gasteiger partial charge >= 0.3 is 0 Å². The zero-order chi connectivity index (χ0) is 14.1. The van der Waals surface area contributed by atoms with Gasteiger partial charge in [0.2, 0.25) is 0 Å². The van der Waals surface area contributed by atoms with Crippen LogP contribution in [0.4, 0.5) is 0 Å². The van der Waals surface area contributed by atoms with E-state index in [2.05, 4.69) is 57.3 Å². The lowest BCUT2D eigenvalue weighted by molar-refractivity contribution is 0.673. The van der Waals surface area contributed by atoms with Crippen LogP contribution in [0, 0.1) is 0 Å². The SMILES string of the molecule is CC(C)c1ccn(-c2ncc(Br)cc2CNC2CC2)n1. The Labute approximate surface area is 127 Å². The summed E-state index contributed by atoms with van der Waals surface area (Å²) in [6.07, 6.45) is 6.39. The molecule has 3 rings (SSSR count). The molecule has 0 aliphatic heterocycles. The highest BCUT2D eigenvalue weighted by molar-refractivity contribution is 9.10. The lowest BCUT2D eigenvalue weighted by Crippen LogP contribution is -2.17. The smallest absolute Gasteiger partial charge is 0.157 e. The molecule has 106 valence electrons. The van der Waals surface area contributed by atoms with Crippen LogP contribution in [0.1, 0.15) is 43.9 Å². The van der Waals surface area contributed by atoms with Crippen molar-refractivity contribution >= 4 is 15.9 Å². The monoisotopic (exact) mass is 334 g/mol. The summed E-state index contributed by atoms with van der Waals surface area (Å²) in [7, 11) is 0. The van der Waals surface area contributed by atoms with E-state index in [1.807, 2.05) is 17.1 Å². The zero-order valence-electron chi connectivity index (χ0n) is 11.8. The van der Waals surface area contributed by atoms with E-state index in [0.717, 1.165) is 22.5 Å². The van der Waals surface area contributed by atoms with E-state index < -0.39 is 0 Å². The Balaban J connectivity index is 1.89. The van der Waals surface area contributed by atoms with Gasteiger partial charge in [-0.25, -0.2) is 9.67 Å². The Morgan fingerprint density at radius 2 is 2.25 bits per heavy atom. The van der Waals surface area contributed by atoms with Crippen LogP contribution in [0.15, 0.2) is 29.0 Å². The molecule has 2 aromatic heterocycles. The van der Waals surface area contributed by atoms with Gasteiger partial charge in [-0.15, -0.1) is 0 Å². The third-order valence-electron chi connectivity index (χ3n) is 3.49. The second-order valence-corrected chi connectivity index (χ2v) is 6.55. The molecule has 0 amide bonds. The van der Waals surface area contributed by atoms with E-state index in [0.29, 0.717) is 12.0 Å². The number of halogens is 1. The fraction of sp³-hybridized carbons (Fsp3) is 0.467. The van der Waals surface area contributed by atoms with E-state index in [9.17, 15) is 0 Å². The molecule has 1 N–H and O–H groups in total. The number of aromatic nitrogens is 3. The first-order chi connectivity index (χ1) is 9.63. The van der Waals surface area contributed by atoms with Crippen molar-refractivity contribution in [1.82, 2.24) is 20.1 Å². The molecule has 0 saturated heterocycles. The summed E-state index contributed by atoms with van der Waals surface area (Å²) in [6.45, 7) is 5.14. The standard InChI is InChI=1S/C15H19BrN4/c1-10(2)14-5-6-20(19-14)15-11(7-12(16)9-18-15)8-17-13-3-4-13/h5-7,9-10,13,17H,3-4,8H2,1-2H3. The molecule has 0 atom stereocenters. The molecule has 5 heteroatoms. The lowest BCUT2D eigenvalue weighted by Gasteiger charge is -2.10. The van der Waals surface area contributed by atoms with Gasteiger partial charge in [0.25, 0.3) is 0 Å². The van der Waals surface area contributed by atoms with Gasteiger partial charge in [0.1, 0.15) is 0 Å². The number of rotatable bonds is 5. The molecule has 1 saturated carbocycles. The molecule has 2 heterocycles. The Morgan fingerprint density at radius 1 is 1.45 bits per heavy atom. The summed E-state index contributed by atoms with van der Waals surface area (Å²) in [5, 5.41) is 8.16. The van der Waals surface area contributed by atoms with Gasteiger partial charge in [0, 0.05) is 35.0 Å². The maximum Gasteiger partial charge on any atom is 0.157 e. The third-order valence-corrected chi connectivity index (χ3v) is 3.92. The molecule has 20 heavy (non-hydrogen) atoms. The quantitative estimate of drug-likeness (QED) is 0.911. The minimum atomic E-state index is 0.430. The van der Waals surface area contributed by atoms with Crippen molar-refractivity contribution in [2.24, 2.45) is 0 Å². The Kier molecular flexibility index (Phi) is 3.89. The van der Waals surface area contributed by atoms with Gasteiger partial charge in [0.05, 0.1) is 5.69 Å². The summed E-state index contributed by atoms with van der Waals surface area (Å²) in [5.74, 6) is 1.34. The first-order valence-electron chi connectivity index (χ1n) is 7.07. The van der Waals surface area contributed by atoms with Crippen molar-refractivity contribution in [3.63, 3.8) is 0 Å². The third kappa shape index (κ3) is 3.10. The number of hydrogen-bond donors (Lipinski definition) is 1. The first-order valence-corrected chi connectivity index (χ1v) is 7.86. The van der Waals surface area contributed by atoms with Crippen LogP contribution in [0.5, 0.6) is 0 Å². The molecule has 1 aliphatic rings. The Hall–Kier alpha value is -1.20. The van der Waals surface area contributed by atoms with Crippen LogP contribution in [0.25, 0.3) is 5.82 Å². The lowest BCUT2D eigenvalue weighted by atomic mass is 10.1. The van der Waals surface area contributed by atoms with Crippen molar-refractivity contribution in [3.05, 3.63) is 40.3 Å². The predicted octanol–water partition coefficient (Wildman–Crippen LogP) is 3.41. The number of nitrogens with one attached hydrogen (secondary N) is 1. The van der Waals surface area contributed by atoms with Gasteiger partial charge in [-0.05, 0) is 46.8 Å². The van der Waals surface area contributed by atoms with Crippen LogP contribution in [-0.4, -0.2) is 20.8 Å². The molecule has 0 aromatic carbocycles. The molecule has 2 aromatic rings. The average molecular weight is 335 g/mol. The van der Waals surface area contributed by atoms with Crippen molar-refractivity contribution < 1.29 is 0 Å². The number of nitrogens with zero attached hydrogens (tertiary/aromatic N) is 3. The second-order valence-electron chi connectivity index (χ2n) is 5.63. The fourth-order valence-electron chi connectivity index (χ4n) is 2.12. The molecule has 0 radical (unpaired) electrons. The molecule has 0 unspecified atom stereocenters. The van der Waals surface area contributed by atoms with Crippen LogP contribution in [0.3, 0.4) is 0 Å². The number of hydrogen-bond acceptors (Lipinski definition) is 3. The fourth-order valence-corrected chi connectivity index (χ4v) is 2.49. The molecule has 4 nitrogen and oxygen atoms in total. The van der Waals surface area contributed by atoms with Crippen molar-refractivity contribution in [1.29, 1.82) is 0 Å². The van der Waals surface area contributed by atoms with Crippen LogP contribution in [0.2, 0.25) is 0 Å². The summed E-state index contributed by atoms with van der Waals surface area (Å²) < 4.78 is 2.89. The van der Waals surface area contributed by atoms with Gasteiger partial charge in [-0.1, -0.05) is 13.8 Å². The highest BCUT2D eigenvalue weighted by Crippen LogP contribution is 2.22. The van der Waals surface area contributed by atoms with Crippen molar-refractivity contribution in [2.45, 2.75) is 45.2 Å². The summed E-state index contributed by atoms with van der Waals surface area (Å²) in [5.41, 5.74) is 2.26. The summed E-state index contributed by atoms with van der Waals surface area (Å²) in [6, 6.07) is 4.87. The van der Waals surface area contributed by atoms with E-state index >= 15 is 0 Å². The largest absolute Gasteiger partial charge is 0.310 e. The zero-order valence-corrected chi connectivity index (χ0v) is 13.4. The average Bonchev–Trinajstić information content (AvgIpc) is 3.11. The highest BCUT2D eigenvalue weighted by Gasteiger charge is 2.21. The molecule has 0 spiro atoms. The Morgan fingerprint density at radius 3 is 2.90 bits per heavy atom. The van der Waals surface area contributed by atoms with E-state index in [1.165, 1.54) is 18.4 Å². The van der Waals surface area contributed by atoms with Gasteiger partial charge < -0.3 is 5.32 Å². The maximum absolute atomic E-state index is 4.62. The summed E-state index contributed by atoms with van der Waals surface area (Å²) in [4.78, 5) is 4.53. The summed E-state index contributed by atoms with van der Waals surface area (Å²) >= 11 is 3.50. The predicted molar refractivity (Wildman–Crippen MR) is 83.0 cm³/mol. The van der Waals surface area contributed by atoms with Crippen LogP contribution < -0.4 is 5.32 Å². The molecule has 1 aliphatic carbocycles. The van der Waals surface area contributed by atoms with E-state index in [1.54, 1.807) is 0 Å². The van der Waals surface area contributed by atoms with Gasteiger partial charge in [-0.2, -0.15) is 5.10 Å². The van der Waals surface area contributed by atoms with Crippen LogP contribution in [-0.2, 0) is 6.54 Å².